The molecule has 4 heterocycles. The number of fused-ring (bicyclic) bond motifs is 2. The van der Waals surface area contributed by atoms with Crippen molar-refractivity contribution in [2.45, 2.75) is 13.5 Å². The van der Waals surface area contributed by atoms with Crippen molar-refractivity contribution < 1.29 is 0 Å². The van der Waals surface area contributed by atoms with Crippen LogP contribution in [0.3, 0.4) is 0 Å². The SMILES string of the molecule is CN/C=C(\C=N)c1cnc2c(n1)N(Cc1ccc3ncc(C)n3c1)NN2C. The fourth-order valence-electron chi connectivity index (χ4n) is 3.08. The van der Waals surface area contributed by atoms with Crippen molar-refractivity contribution in [2.24, 2.45) is 0 Å². The number of hydrogen-bond donors (Lipinski definition) is 3. The van der Waals surface area contributed by atoms with Crippen LogP contribution in [-0.4, -0.2) is 39.7 Å². The maximum absolute atomic E-state index is 7.60. The fourth-order valence-corrected chi connectivity index (χ4v) is 3.08. The van der Waals surface area contributed by atoms with E-state index in [1.807, 2.05) is 36.3 Å². The summed E-state index contributed by atoms with van der Waals surface area (Å²) in [6, 6.07) is 4.07. The minimum absolute atomic E-state index is 0.610. The summed E-state index contributed by atoms with van der Waals surface area (Å²) in [5, 5.41) is 14.3. The second-order valence-corrected chi connectivity index (χ2v) is 6.35. The molecule has 1 aliphatic heterocycles. The Morgan fingerprint density at radius 1 is 1.26 bits per heavy atom. The van der Waals surface area contributed by atoms with Crippen LogP contribution in [0.4, 0.5) is 11.6 Å². The standard InChI is InChI=1S/C18H21N9/c1-12-7-21-16-5-4-13(10-26(12)16)11-27-18-17(25(3)24-27)22-9-15(23-18)14(6-19)8-20-2/h4-10,19-20,24H,11H2,1-3H3/b14-8+,19-6?. The van der Waals surface area contributed by atoms with E-state index < -0.39 is 0 Å². The van der Waals surface area contributed by atoms with E-state index in [1.54, 1.807) is 19.4 Å². The highest BCUT2D eigenvalue weighted by Gasteiger charge is 2.27. The molecule has 0 saturated heterocycles. The van der Waals surface area contributed by atoms with Crippen LogP contribution in [0.5, 0.6) is 0 Å². The van der Waals surface area contributed by atoms with E-state index in [0.717, 1.165) is 28.5 Å². The topological polar surface area (TPSA) is 97.5 Å². The summed E-state index contributed by atoms with van der Waals surface area (Å²) >= 11 is 0. The van der Waals surface area contributed by atoms with Gasteiger partial charge in [0.15, 0.2) is 11.6 Å². The average Bonchev–Trinajstić information content (AvgIpc) is 3.20. The van der Waals surface area contributed by atoms with Crippen LogP contribution >= 0.6 is 0 Å². The van der Waals surface area contributed by atoms with Gasteiger partial charge in [0, 0.05) is 50.2 Å². The molecule has 27 heavy (non-hydrogen) atoms. The predicted molar refractivity (Wildman–Crippen MR) is 106 cm³/mol. The van der Waals surface area contributed by atoms with E-state index in [2.05, 4.69) is 37.5 Å². The van der Waals surface area contributed by atoms with Crippen LogP contribution in [0.15, 0.2) is 36.9 Å². The van der Waals surface area contributed by atoms with Gasteiger partial charge in [0.2, 0.25) is 0 Å². The number of imidazole rings is 1. The molecule has 0 aromatic carbocycles. The minimum atomic E-state index is 0.610. The zero-order valence-electron chi connectivity index (χ0n) is 15.4. The molecule has 138 valence electrons. The Kier molecular flexibility index (Phi) is 4.21. The van der Waals surface area contributed by atoms with Gasteiger partial charge in [-0.1, -0.05) is 6.07 Å². The Labute approximate surface area is 156 Å². The monoisotopic (exact) mass is 363 g/mol. The van der Waals surface area contributed by atoms with Gasteiger partial charge in [-0.15, -0.1) is 5.53 Å². The number of hydrogen-bond acceptors (Lipinski definition) is 8. The Morgan fingerprint density at radius 3 is 2.89 bits per heavy atom. The Bertz CT molecular complexity index is 1040. The highest BCUT2D eigenvalue weighted by molar-refractivity contribution is 6.07. The van der Waals surface area contributed by atoms with Gasteiger partial charge in [0.1, 0.15) is 5.65 Å². The summed E-state index contributed by atoms with van der Waals surface area (Å²) < 4.78 is 2.07. The van der Waals surface area contributed by atoms with Crippen LogP contribution in [0.25, 0.3) is 11.2 Å². The van der Waals surface area contributed by atoms with E-state index >= 15 is 0 Å². The molecule has 0 aliphatic carbocycles. The lowest BCUT2D eigenvalue weighted by Crippen LogP contribution is -2.42. The summed E-state index contributed by atoms with van der Waals surface area (Å²) in [5.74, 6) is 1.47. The molecule has 9 nitrogen and oxygen atoms in total. The molecule has 0 spiro atoms. The maximum Gasteiger partial charge on any atom is 0.190 e. The van der Waals surface area contributed by atoms with E-state index in [-0.39, 0.29) is 0 Å². The number of rotatable bonds is 5. The van der Waals surface area contributed by atoms with Gasteiger partial charge in [-0.05, 0) is 18.6 Å². The van der Waals surface area contributed by atoms with Crippen molar-refractivity contribution in [1.82, 2.24) is 30.2 Å². The zero-order chi connectivity index (χ0) is 19.0. The van der Waals surface area contributed by atoms with Gasteiger partial charge in [-0.2, -0.15) is 0 Å². The molecule has 3 N–H and O–H groups in total. The number of anilines is 2. The molecule has 0 fully saturated rings. The van der Waals surface area contributed by atoms with E-state index in [0.29, 0.717) is 17.8 Å². The minimum Gasteiger partial charge on any atom is -0.393 e. The number of nitrogens with zero attached hydrogens (tertiary/aromatic N) is 6. The largest absolute Gasteiger partial charge is 0.393 e. The summed E-state index contributed by atoms with van der Waals surface area (Å²) in [6.07, 6.45) is 8.61. The van der Waals surface area contributed by atoms with Gasteiger partial charge < -0.3 is 15.1 Å². The summed E-state index contributed by atoms with van der Waals surface area (Å²) in [5.41, 5.74) is 7.70. The maximum atomic E-state index is 7.60. The predicted octanol–water partition coefficient (Wildman–Crippen LogP) is 1.52. The summed E-state index contributed by atoms with van der Waals surface area (Å²) in [4.78, 5) is 13.6. The van der Waals surface area contributed by atoms with Crippen molar-refractivity contribution in [3.8, 4) is 0 Å². The molecule has 9 heteroatoms. The highest BCUT2D eigenvalue weighted by atomic mass is 15.8. The van der Waals surface area contributed by atoms with Crippen molar-refractivity contribution in [2.75, 3.05) is 24.1 Å². The van der Waals surface area contributed by atoms with Gasteiger partial charge in [0.25, 0.3) is 0 Å². The molecule has 0 amide bonds. The summed E-state index contributed by atoms with van der Waals surface area (Å²) in [7, 11) is 3.69. The zero-order valence-corrected chi connectivity index (χ0v) is 15.4. The van der Waals surface area contributed by atoms with E-state index in [4.69, 9.17) is 10.4 Å². The third-order valence-corrected chi connectivity index (χ3v) is 4.42. The number of pyridine rings is 1. The number of allylic oxidation sites excluding steroid dienone is 1. The molecule has 0 unspecified atom stereocenters. The third-order valence-electron chi connectivity index (χ3n) is 4.42. The molecular weight excluding hydrogens is 342 g/mol. The number of hydrazine groups is 2. The number of aryl methyl sites for hydroxylation is 1. The lowest BCUT2D eigenvalue weighted by molar-refractivity contribution is 0.642. The van der Waals surface area contributed by atoms with E-state index in [9.17, 15) is 0 Å². The molecule has 0 saturated carbocycles. The molecular formula is C18H21N9. The first-order valence-electron chi connectivity index (χ1n) is 8.56. The molecule has 0 radical (unpaired) electrons. The molecule has 3 aromatic rings. The van der Waals surface area contributed by atoms with Gasteiger partial charge in [-0.3, -0.25) is 10.0 Å². The molecule has 4 rings (SSSR count). The Balaban J connectivity index is 1.68. The second kappa shape index (κ2) is 6.69. The molecule has 3 aromatic heterocycles. The quantitative estimate of drug-likeness (QED) is 0.591. The molecule has 1 aliphatic rings. The lowest BCUT2D eigenvalue weighted by Gasteiger charge is -2.19. The first kappa shape index (κ1) is 17.0. The first-order chi connectivity index (χ1) is 13.1. The fraction of sp³-hybridized carbons (Fsp3) is 0.222. The van der Waals surface area contributed by atoms with E-state index in [1.165, 1.54) is 6.21 Å². The van der Waals surface area contributed by atoms with Gasteiger partial charge in [-0.25, -0.2) is 15.0 Å². The second-order valence-electron chi connectivity index (χ2n) is 6.35. The van der Waals surface area contributed by atoms with Crippen LogP contribution in [0, 0.1) is 12.3 Å². The highest BCUT2D eigenvalue weighted by Crippen LogP contribution is 2.30. The van der Waals surface area contributed by atoms with Crippen molar-refractivity contribution >= 4 is 29.1 Å². The Morgan fingerprint density at radius 2 is 2.11 bits per heavy atom. The summed E-state index contributed by atoms with van der Waals surface area (Å²) in [6.45, 7) is 2.64. The third kappa shape index (κ3) is 2.97. The average molecular weight is 363 g/mol. The normalized spacial score (nSPS) is 14.0. The number of aromatic nitrogens is 4. The molecule has 0 bridgehead atoms. The smallest absolute Gasteiger partial charge is 0.190 e. The van der Waals surface area contributed by atoms with Crippen LogP contribution in [0.2, 0.25) is 0 Å². The first-order valence-corrected chi connectivity index (χ1v) is 8.56. The molecule has 0 atom stereocenters. The van der Waals surface area contributed by atoms with Crippen LogP contribution in [-0.2, 0) is 6.54 Å². The lowest BCUT2D eigenvalue weighted by atomic mass is 10.2. The number of nitrogens with one attached hydrogen (secondary N) is 3. The van der Waals surface area contributed by atoms with Crippen LogP contribution in [0.1, 0.15) is 17.0 Å². The van der Waals surface area contributed by atoms with Crippen LogP contribution < -0.4 is 20.9 Å². The van der Waals surface area contributed by atoms with Crippen molar-refractivity contribution in [1.29, 1.82) is 5.41 Å². The van der Waals surface area contributed by atoms with Gasteiger partial charge in [0.05, 0.1) is 18.4 Å². The Hall–Kier alpha value is -3.46. The van der Waals surface area contributed by atoms with Crippen molar-refractivity contribution in [3.05, 3.63) is 53.9 Å². The van der Waals surface area contributed by atoms with Gasteiger partial charge >= 0.3 is 0 Å². The van der Waals surface area contributed by atoms with Crippen molar-refractivity contribution in [3.63, 3.8) is 0 Å².